The SMILES string of the molecule is O=S(=O)(N=C(Nc1cccc(OC(F)(F)[C@H](F)Cl)c1)C(F)(F)F)c1ccccc1. The van der Waals surface area contributed by atoms with E-state index in [9.17, 15) is 34.8 Å². The fourth-order valence-electron chi connectivity index (χ4n) is 1.89. The molecule has 0 heterocycles. The van der Waals surface area contributed by atoms with E-state index < -0.39 is 50.1 Å². The molecule has 0 fully saturated rings. The molecule has 0 aliphatic heterocycles. The summed E-state index contributed by atoms with van der Waals surface area (Å²) in [5.74, 6) is -2.65. The van der Waals surface area contributed by atoms with E-state index in [2.05, 4.69) is 20.7 Å². The summed E-state index contributed by atoms with van der Waals surface area (Å²) >= 11 is 4.64. The maximum Gasteiger partial charge on any atom is 0.450 e. The molecule has 5 nitrogen and oxygen atoms in total. The summed E-state index contributed by atoms with van der Waals surface area (Å²) < 4.78 is 110. The number of nitrogens with one attached hydrogen (secondary N) is 1. The molecule has 2 rings (SSSR count). The third-order valence-electron chi connectivity index (χ3n) is 3.13. The largest absolute Gasteiger partial charge is 0.450 e. The Morgan fingerprint density at radius 3 is 2.21 bits per heavy atom. The van der Waals surface area contributed by atoms with Crippen molar-refractivity contribution in [3.8, 4) is 5.75 Å². The van der Waals surface area contributed by atoms with Gasteiger partial charge in [-0.05, 0) is 24.3 Å². The third kappa shape index (κ3) is 6.26. The van der Waals surface area contributed by atoms with Gasteiger partial charge in [-0.2, -0.15) is 30.4 Å². The third-order valence-corrected chi connectivity index (χ3v) is 4.67. The van der Waals surface area contributed by atoms with Crippen LogP contribution in [0.3, 0.4) is 0 Å². The van der Waals surface area contributed by atoms with E-state index in [4.69, 9.17) is 0 Å². The van der Waals surface area contributed by atoms with Gasteiger partial charge in [0.25, 0.3) is 15.7 Å². The smallest absolute Gasteiger partial charge is 0.429 e. The summed E-state index contributed by atoms with van der Waals surface area (Å²) in [4.78, 5) is -0.489. The molecule has 0 aromatic heterocycles. The number of sulfonamides is 1. The molecule has 158 valence electrons. The Balaban J connectivity index is 2.36. The molecule has 13 heteroatoms. The Labute approximate surface area is 166 Å². The molecule has 0 aliphatic carbocycles. The van der Waals surface area contributed by atoms with Gasteiger partial charge in [-0.3, -0.25) is 0 Å². The van der Waals surface area contributed by atoms with Crippen LogP contribution in [0.5, 0.6) is 5.75 Å². The lowest BCUT2D eigenvalue weighted by molar-refractivity contribution is -0.199. The maximum atomic E-state index is 13.3. The Kier molecular flexibility index (Phi) is 6.68. The molecule has 1 atom stereocenters. The zero-order valence-corrected chi connectivity index (χ0v) is 15.6. The summed E-state index contributed by atoms with van der Waals surface area (Å²) in [6.07, 6.45) is -9.68. The Hall–Kier alpha value is -2.47. The van der Waals surface area contributed by atoms with Crippen LogP contribution in [0, 0.1) is 0 Å². The summed E-state index contributed by atoms with van der Waals surface area (Å²) in [5, 5.41) is 1.69. The van der Waals surface area contributed by atoms with E-state index in [0.29, 0.717) is 6.07 Å². The summed E-state index contributed by atoms with van der Waals surface area (Å²) in [6, 6.07) is 9.69. The highest BCUT2D eigenvalue weighted by atomic mass is 35.5. The van der Waals surface area contributed by atoms with Gasteiger partial charge in [0.05, 0.1) is 4.90 Å². The Morgan fingerprint density at radius 1 is 1.03 bits per heavy atom. The van der Waals surface area contributed by atoms with Gasteiger partial charge in [0.15, 0.2) is 0 Å². The van der Waals surface area contributed by atoms with E-state index in [-0.39, 0.29) is 0 Å². The van der Waals surface area contributed by atoms with Gasteiger partial charge in [-0.15, -0.1) is 4.40 Å². The van der Waals surface area contributed by atoms with E-state index in [1.165, 1.54) is 18.2 Å². The topological polar surface area (TPSA) is 67.8 Å². The number of amidine groups is 1. The van der Waals surface area contributed by atoms with Crippen molar-refractivity contribution in [1.29, 1.82) is 0 Å². The molecule has 2 aromatic carbocycles. The minimum Gasteiger partial charge on any atom is -0.429 e. The van der Waals surface area contributed by atoms with Crippen LogP contribution in [-0.4, -0.2) is 32.2 Å². The minimum atomic E-state index is -5.23. The predicted molar refractivity (Wildman–Crippen MR) is 93.5 cm³/mol. The fourth-order valence-corrected chi connectivity index (χ4v) is 2.93. The molecule has 0 saturated heterocycles. The molecule has 2 aromatic rings. The zero-order chi connectivity index (χ0) is 21.9. The summed E-state index contributed by atoms with van der Waals surface area (Å²) in [5.41, 5.74) is -3.70. The van der Waals surface area contributed by atoms with Crippen LogP contribution in [0.15, 0.2) is 63.9 Å². The van der Waals surface area contributed by atoms with Gasteiger partial charge < -0.3 is 10.1 Å². The molecule has 29 heavy (non-hydrogen) atoms. The quantitative estimate of drug-likeness (QED) is 0.286. The van der Waals surface area contributed by atoms with Crippen molar-refractivity contribution in [3.05, 3.63) is 54.6 Å². The van der Waals surface area contributed by atoms with Gasteiger partial charge >= 0.3 is 12.3 Å². The lowest BCUT2D eigenvalue weighted by atomic mass is 10.3. The van der Waals surface area contributed by atoms with Crippen molar-refractivity contribution >= 4 is 33.1 Å². The zero-order valence-electron chi connectivity index (χ0n) is 14.0. The molecule has 0 bridgehead atoms. The van der Waals surface area contributed by atoms with Crippen molar-refractivity contribution in [2.75, 3.05) is 5.32 Å². The molecule has 0 saturated carbocycles. The number of ether oxygens (including phenoxy) is 1. The highest BCUT2D eigenvalue weighted by molar-refractivity contribution is 7.90. The van der Waals surface area contributed by atoms with Gasteiger partial charge in [-0.1, -0.05) is 35.9 Å². The summed E-state index contributed by atoms with van der Waals surface area (Å²) in [6.45, 7) is 0. The monoisotopic (exact) mass is 460 g/mol. The van der Waals surface area contributed by atoms with Crippen LogP contribution in [0.1, 0.15) is 0 Å². The number of alkyl halides is 7. The standard InChI is InChI=1S/C16H11ClF6N2O3S/c17-13(18)16(22,23)28-11-6-4-5-10(9-11)24-14(15(19,20)21)25-29(26,27)12-7-2-1-3-8-12/h1-9,13H,(H,24,25)/t13-/m0/s1. The van der Waals surface area contributed by atoms with Crippen LogP contribution in [-0.2, 0) is 10.0 Å². The fraction of sp³-hybridized carbons (Fsp3) is 0.188. The van der Waals surface area contributed by atoms with Crippen LogP contribution in [0.4, 0.5) is 32.0 Å². The van der Waals surface area contributed by atoms with Gasteiger partial charge in [0, 0.05) is 11.8 Å². The van der Waals surface area contributed by atoms with Crippen molar-refractivity contribution in [3.63, 3.8) is 0 Å². The van der Waals surface area contributed by atoms with E-state index in [1.807, 2.05) is 0 Å². The molecule has 0 amide bonds. The number of rotatable bonds is 6. The highest BCUT2D eigenvalue weighted by Gasteiger charge is 2.42. The normalized spacial score (nSPS) is 14.4. The molecule has 0 spiro atoms. The predicted octanol–water partition coefficient (Wildman–Crippen LogP) is 4.95. The van der Waals surface area contributed by atoms with E-state index in [0.717, 1.165) is 30.3 Å². The first-order valence-corrected chi connectivity index (χ1v) is 9.38. The molecule has 0 aliphatic rings. The minimum absolute atomic E-state index is 0.489. The lowest BCUT2D eigenvalue weighted by Gasteiger charge is -2.18. The lowest BCUT2D eigenvalue weighted by Crippen LogP contribution is -2.33. The molecule has 0 unspecified atom stereocenters. The summed E-state index contributed by atoms with van der Waals surface area (Å²) in [7, 11) is -4.73. The van der Waals surface area contributed by atoms with Gasteiger partial charge in [0.1, 0.15) is 5.75 Å². The van der Waals surface area contributed by atoms with Crippen molar-refractivity contribution in [1.82, 2.24) is 0 Å². The molecular weight excluding hydrogens is 450 g/mol. The van der Waals surface area contributed by atoms with Crippen LogP contribution in [0.25, 0.3) is 0 Å². The molecular formula is C16H11ClF6N2O3S. The van der Waals surface area contributed by atoms with Gasteiger partial charge in [0.2, 0.25) is 5.84 Å². The second-order valence-corrected chi connectivity index (χ2v) is 7.33. The Morgan fingerprint density at radius 2 is 1.66 bits per heavy atom. The van der Waals surface area contributed by atoms with Crippen LogP contribution >= 0.6 is 11.6 Å². The van der Waals surface area contributed by atoms with Crippen molar-refractivity contribution in [2.45, 2.75) is 22.8 Å². The highest BCUT2D eigenvalue weighted by Crippen LogP contribution is 2.30. The number of benzene rings is 2. The van der Waals surface area contributed by atoms with Crippen molar-refractivity contribution < 1.29 is 39.5 Å². The molecule has 1 N–H and O–H groups in total. The second-order valence-electron chi connectivity index (χ2n) is 5.34. The number of hydrogen-bond acceptors (Lipinski definition) is 3. The van der Waals surface area contributed by atoms with Crippen LogP contribution < -0.4 is 10.1 Å². The molecule has 0 radical (unpaired) electrons. The number of anilines is 1. The number of nitrogens with zero attached hydrogens (tertiary/aromatic N) is 1. The Bertz CT molecular complexity index is 982. The van der Waals surface area contributed by atoms with Crippen molar-refractivity contribution in [2.24, 2.45) is 4.40 Å². The van der Waals surface area contributed by atoms with E-state index in [1.54, 1.807) is 5.32 Å². The first-order chi connectivity index (χ1) is 13.3. The first kappa shape index (κ1) is 22.8. The van der Waals surface area contributed by atoms with Gasteiger partial charge in [-0.25, -0.2) is 4.39 Å². The number of halogens is 7. The average Bonchev–Trinajstić information content (AvgIpc) is 2.61. The van der Waals surface area contributed by atoms with Crippen LogP contribution in [0.2, 0.25) is 0 Å². The average molecular weight is 461 g/mol. The second kappa shape index (κ2) is 8.49. The number of hydrogen-bond donors (Lipinski definition) is 1. The first-order valence-electron chi connectivity index (χ1n) is 7.50. The maximum absolute atomic E-state index is 13.3. The van der Waals surface area contributed by atoms with E-state index >= 15 is 0 Å².